The summed E-state index contributed by atoms with van der Waals surface area (Å²) in [6.45, 7) is 2.01. The summed E-state index contributed by atoms with van der Waals surface area (Å²) in [6, 6.07) is 0. The van der Waals surface area contributed by atoms with E-state index >= 15 is 0 Å². The van der Waals surface area contributed by atoms with Crippen molar-refractivity contribution in [3.8, 4) is 0 Å². The highest BCUT2D eigenvalue weighted by Crippen LogP contribution is 2.26. The fourth-order valence-electron chi connectivity index (χ4n) is 1.25. The number of ether oxygens (including phenoxy) is 6. The number of rotatable bonds is 14. The van der Waals surface area contributed by atoms with E-state index in [-0.39, 0.29) is 13.2 Å². The van der Waals surface area contributed by atoms with Gasteiger partial charge in [-0.1, -0.05) is 11.6 Å². The SMILES string of the molecule is COCCOC(O[SiH3])C(Cl)(OCCOC)OCCOC. The van der Waals surface area contributed by atoms with E-state index in [0.29, 0.717) is 36.9 Å². The molecular formula is C11H25ClO7Si. The van der Waals surface area contributed by atoms with E-state index in [2.05, 4.69) is 0 Å². The first-order valence-corrected chi connectivity index (χ1v) is 7.42. The molecule has 0 aromatic carbocycles. The molecule has 0 aliphatic heterocycles. The Morgan fingerprint density at radius 2 is 1.30 bits per heavy atom. The molecule has 0 aliphatic rings. The second kappa shape index (κ2) is 12.9. The number of hydrogen-bond donors (Lipinski definition) is 0. The molecule has 0 radical (unpaired) electrons. The third-order valence-electron chi connectivity index (χ3n) is 2.22. The Kier molecular flexibility index (Phi) is 13.1. The molecule has 0 saturated heterocycles. The number of hydrogen-bond acceptors (Lipinski definition) is 7. The highest BCUT2D eigenvalue weighted by Gasteiger charge is 2.41. The summed E-state index contributed by atoms with van der Waals surface area (Å²) in [6.07, 6.45) is -0.848. The third-order valence-corrected chi connectivity index (χ3v) is 3.05. The van der Waals surface area contributed by atoms with Crippen LogP contribution in [0.1, 0.15) is 0 Å². The molecule has 0 amide bonds. The van der Waals surface area contributed by atoms with Crippen LogP contribution >= 0.6 is 11.6 Å². The first-order valence-electron chi connectivity index (χ1n) is 6.22. The van der Waals surface area contributed by atoms with Crippen LogP contribution in [0.4, 0.5) is 0 Å². The first kappa shape index (κ1) is 20.2. The zero-order valence-electron chi connectivity index (χ0n) is 12.6. The van der Waals surface area contributed by atoms with Gasteiger partial charge in [-0.15, -0.1) is 0 Å². The number of methoxy groups -OCH3 is 3. The molecule has 0 heterocycles. The van der Waals surface area contributed by atoms with Gasteiger partial charge in [-0.2, -0.15) is 0 Å². The predicted molar refractivity (Wildman–Crippen MR) is 76.9 cm³/mol. The van der Waals surface area contributed by atoms with Crippen LogP contribution in [0, 0.1) is 0 Å². The summed E-state index contributed by atoms with van der Waals surface area (Å²) >= 11 is 6.33. The van der Waals surface area contributed by atoms with Crippen LogP contribution in [0.2, 0.25) is 0 Å². The van der Waals surface area contributed by atoms with Gasteiger partial charge in [0.1, 0.15) is 10.5 Å². The third kappa shape index (κ3) is 8.50. The quantitative estimate of drug-likeness (QED) is 0.184. The number of halogens is 1. The minimum Gasteiger partial charge on any atom is -0.399 e. The Morgan fingerprint density at radius 3 is 1.70 bits per heavy atom. The lowest BCUT2D eigenvalue weighted by atomic mass is 10.5. The second-order valence-corrected chi connectivity index (χ2v) is 4.69. The molecule has 0 fully saturated rings. The minimum atomic E-state index is -1.54. The van der Waals surface area contributed by atoms with Crippen molar-refractivity contribution in [3.05, 3.63) is 0 Å². The normalized spacial score (nSPS) is 13.8. The fraction of sp³-hybridized carbons (Fsp3) is 1.00. The van der Waals surface area contributed by atoms with Crippen LogP contribution in [-0.4, -0.2) is 83.0 Å². The average molecular weight is 333 g/mol. The monoisotopic (exact) mass is 332 g/mol. The van der Waals surface area contributed by atoms with Crippen LogP contribution < -0.4 is 0 Å². The van der Waals surface area contributed by atoms with E-state index < -0.39 is 11.5 Å². The molecule has 0 saturated carbocycles. The van der Waals surface area contributed by atoms with Crippen molar-refractivity contribution in [2.75, 3.05) is 61.0 Å². The maximum Gasteiger partial charge on any atom is 0.301 e. The molecule has 0 bridgehead atoms. The highest BCUT2D eigenvalue weighted by molar-refractivity contribution is 6.22. The molecule has 122 valence electrons. The molecule has 0 spiro atoms. The summed E-state index contributed by atoms with van der Waals surface area (Å²) in [7, 11) is 5.14. The topological polar surface area (TPSA) is 64.6 Å². The molecule has 20 heavy (non-hydrogen) atoms. The Balaban J connectivity index is 4.48. The van der Waals surface area contributed by atoms with Crippen molar-refractivity contribution in [3.63, 3.8) is 0 Å². The summed E-state index contributed by atoms with van der Waals surface area (Å²) in [5, 5.41) is -1.54. The lowest BCUT2D eigenvalue weighted by Gasteiger charge is -2.33. The zero-order chi connectivity index (χ0) is 15.3. The van der Waals surface area contributed by atoms with E-state index in [4.69, 9.17) is 44.4 Å². The van der Waals surface area contributed by atoms with Gasteiger partial charge in [-0.05, 0) is 0 Å². The van der Waals surface area contributed by atoms with E-state index in [0.717, 1.165) is 0 Å². The summed E-state index contributed by atoms with van der Waals surface area (Å²) < 4.78 is 36.5. The van der Waals surface area contributed by atoms with Crippen molar-refractivity contribution in [2.45, 2.75) is 11.5 Å². The van der Waals surface area contributed by atoms with Gasteiger partial charge in [0.05, 0.1) is 39.6 Å². The minimum absolute atomic E-state index is 0.252. The lowest BCUT2D eigenvalue weighted by molar-refractivity contribution is -0.293. The molecule has 0 aromatic rings. The van der Waals surface area contributed by atoms with Crippen LogP contribution in [0.25, 0.3) is 0 Å². The van der Waals surface area contributed by atoms with Gasteiger partial charge in [-0.3, -0.25) is 0 Å². The first-order chi connectivity index (χ1) is 9.64. The predicted octanol–water partition coefficient (Wildman–Crippen LogP) is -0.509. The summed E-state index contributed by atoms with van der Waals surface area (Å²) in [5.41, 5.74) is 0. The van der Waals surface area contributed by atoms with Gasteiger partial charge in [0.2, 0.25) is 6.29 Å². The maximum absolute atomic E-state index is 6.33. The Morgan fingerprint density at radius 1 is 0.850 bits per heavy atom. The van der Waals surface area contributed by atoms with E-state index in [9.17, 15) is 0 Å². The fourth-order valence-corrected chi connectivity index (χ4v) is 2.16. The van der Waals surface area contributed by atoms with Crippen molar-refractivity contribution >= 4 is 22.1 Å². The Labute approximate surface area is 128 Å². The largest absolute Gasteiger partial charge is 0.399 e. The summed E-state index contributed by atoms with van der Waals surface area (Å²) in [4.78, 5) is 0. The molecule has 1 unspecified atom stereocenters. The van der Waals surface area contributed by atoms with Gasteiger partial charge in [0.25, 0.3) is 0 Å². The Bertz CT molecular complexity index is 213. The van der Waals surface area contributed by atoms with Crippen molar-refractivity contribution in [1.29, 1.82) is 0 Å². The van der Waals surface area contributed by atoms with Gasteiger partial charge >= 0.3 is 5.25 Å². The molecule has 9 heteroatoms. The van der Waals surface area contributed by atoms with E-state index in [1.807, 2.05) is 0 Å². The average Bonchev–Trinajstić information content (AvgIpc) is 2.44. The van der Waals surface area contributed by atoms with Gasteiger partial charge in [-0.25, -0.2) is 0 Å². The maximum atomic E-state index is 6.33. The molecule has 7 nitrogen and oxygen atoms in total. The zero-order valence-corrected chi connectivity index (χ0v) is 15.3. The lowest BCUT2D eigenvalue weighted by Crippen LogP contribution is -2.47. The van der Waals surface area contributed by atoms with Crippen LogP contribution in [0.3, 0.4) is 0 Å². The molecule has 0 N–H and O–H groups in total. The van der Waals surface area contributed by atoms with Crippen molar-refractivity contribution in [1.82, 2.24) is 0 Å². The van der Waals surface area contributed by atoms with Gasteiger partial charge in [0.15, 0.2) is 0 Å². The summed E-state index contributed by atoms with van der Waals surface area (Å²) in [5.74, 6) is 0. The van der Waals surface area contributed by atoms with Crippen LogP contribution in [0.15, 0.2) is 0 Å². The van der Waals surface area contributed by atoms with Gasteiger partial charge < -0.3 is 32.8 Å². The number of alkyl halides is 1. The Hall–Kier alpha value is 0.227. The van der Waals surface area contributed by atoms with Crippen LogP contribution in [0.5, 0.6) is 0 Å². The van der Waals surface area contributed by atoms with E-state index in [1.165, 1.54) is 0 Å². The van der Waals surface area contributed by atoms with Crippen molar-refractivity contribution in [2.24, 2.45) is 0 Å². The standard InChI is InChI=1S/C11H25ClO7Si/c1-13-4-7-16-10(19-20)11(12,17-8-5-14-2)18-9-6-15-3/h10H,4-9H2,1-3,20H3. The molecule has 0 aromatic heterocycles. The second-order valence-electron chi connectivity index (χ2n) is 3.70. The smallest absolute Gasteiger partial charge is 0.301 e. The molecular weight excluding hydrogens is 308 g/mol. The molecule has 0 aliphatic carbocycles. The van der Waals surface area contributed by atoms with Crippen LogP contribution in [-0.2, 0) is 32.8 Å². The van der Waals surface area contributed by atoms with Gasteiger partial charge in [0, 0.05) is 21.3 Å². The molecule has 1 atom stereocenters. The van der Waals surface area contributed by atoms with E-state index in [1.54, 1.807) is 21.3 Å². The molecule has 0 rings (SSSR count). The van der Waals surface area contributed by atoms with Crippen molar-refractivity contribution < 1.29 is 32.8 Å². The highest BCUT2D eigenvalue weighted by atomic mass is 35.5.